The van der Waals surface area contributed by atoms with E-state index in [1.807, 2.05) is 0 Å². The Balaban J connectivity index is 2.21. The van der Waals surface area contributed by atoms with Gasteiger partial charge in [0.25, 0.3) is 0 Å². The van der Waals surface area contributed by atoms with Gasteiger partial charge in [-0.25, -0.2) is 0 Å². The van der Waals surface area contributed by atoms with Crippen molar-refractivity contribution >= 4 is 11.8 Å². The van der Waals surface area contributed by atoms with E-state index in [0.29, 0.717) is 6.10 Å². The highest BCUT2D eigenvalue weighted by Crippen LogP contribution is 2.16. The molecule has 0 N–H and O–H groups in total. The zero-order valence-corrected chi connectivity index (χ0v) is 16.0. The van der Waals surface area contributed by atoms with E-state index in [9.17, 15) is 0 Å². The van der Waals surface area contributed by atoms with Crippen LogP contribution in [0.4, 0.5) is 0 Å². The van der Waals surface area contributed by atoms with Gasteiger partial charge in [-0.2, -0.15) is 11.8 Å². The molecule has 1 atom stereocenters. The van der Waals surface area contributed by atoms with Gasteiger partial charge in [0, 0.05) is 18.8 Å². The smallest absolute Gasteiger partial charge is 0.0994 e. The second-order valence-corrected chi connectivity index (χ2v) is 7.88. The molecule has 1 aliphatic rings. The highest BCUT2D eigenvalue weighted by molar-refractivity contribution is 7.99. The molecule has 1 unspecified atom stereocenters. The van der Waals surface area contributed by atoms with E-state index < -0.39 is 0 Å². The molecule has 1 aliphatic heterocycles. The van der Waals surface area contributed by atoms with E-state index >= 15 is 0 Å². The Bertz CT molecular complexity index is 217. The predicted molar refractivity (Wildman–Crippen MR) is 101 cm³/mol. The first-order valence-electron chi connectivity index (χ1n) is 9.78. The number of likely N-dealkylation sites (tertiary alicyclic amines) is 1. The molecule has 1 heterocycles. The van der Waals surface area contributed by atoms with Crippen molar-refractivity contribution in [2.75, 3.05) is 31.3 Å². The number of nitrogens with zero attached hydrogens (tertiary/aromatic N) is 1. The first-order chi connectivity index (χ1) is 10.9. The van der Waals surface area contributed by atoms with Crippen molar-refractivity contribution < 1.29 is 4.74 Å². The van der Waals surface area contributed by atoms with Crippen LogP contribution < -0.4 is 0 Å². The van der Waals surface area contributed by atoms with Crippen molar-refractivity contribution in [2.24, 2.45) is 0 Å². The van der Waals surface area contributed by atoms with Gasteiger partial charge >= 0.3 is 0 Å². The second kappa shape index (κ2) is 14.8. The van der Waals surface area contributed by atoms with Gasteiger partial charge in [-0.3, -0.25) is 4.90 Å². The Morgan fingerprint density at radius 1 is 0.909 bits per heavy atom. The maximum absolute atomic E-state index is 6.30. The average Bonchev–Trinajstić information content (AvgIpc) is 2.81. The van der Waals surface area contributed by atoms with E-state index in [4.69, 9.17) is 4.74 Å². The lowest BCUT2D eigenvalue weighted by atomic mass is 10.1. The second-order valence-electron chi connectivity index (χ2n) is 6.73. The first-order valence-corrected chi connectivity index (χ1v) is 10.9. The molecule has 0 aromatic carbocycles. The van der Waals surface area contributed by atoms with Crippen molar-refractivity contribution in [3.63, 3.8) is 0 Å². The molecular formula is C19H39NOS. The normalized spacial score (nSPS) is 18.3. The molecule has 2 nitrogen and oxygen atoms in total. The van der Waals surface area contributed by atoms with Gasteiger partial charge in [0.05, 0.1) is 12.8 Å². The lowest BCUT2D eigenvalue weighted by molar-refractivity contribution is -0.0152. The molecule has 0 spiro atoms. The van der Waals surface area contributed by atoms with Gasteiger partial charge in [-0.15, -0.1) is 0 Å². The summed E-state index contributed by atoms with van der Waals surface area (Å²) >= 11 is 2.10. The minimum Gasteiger partial charge on any atom is -0.362 e. The van der Waals surface area contributed by atoms with Crippen LogP contribution in [0.5, 0.6) is 0 Å². The van der Waals surface area contributed by atoms with Gasteiger partial charge in [-0.1, -0.05) is 58.8 Å². The van der Waals surface area contributed by atoms with Crippen LogP contribution in [0.3, 0.4) is 0 Å². The molecule has 1 rings (SSSR count). The molecule has 3 heteroatoms. The van der Waals surface area contributed by atoms with Crippen LogP contribution >= 0.6 is 11.8 Å². The maximum Gasteiger partial charge on any atom is 0.0994 e. The quantitative estimate of drug-likeness (QED) is 0.402. The molecule has 0 bridgehead atoms. The Morgan fingerprint density at radius 3 is 2.32 bits per heavy atom. The van der Waals surface area contributed by atoms with Crippen LogP contribution in [0.15, 0.2) is 0 Å². The van der Waals surface area contributed by atoms with Crippen molar-refractivity contribution in [3.05, 3.63) is 0 Å². The molecule has 0 radical (unpaired) electrons. The number of rotatable bonds is 13. The summed E-state index contributed by atoms with van der Waals surface area (Å²) in [5, 5.41) is 0. The lowest BCUT2D eigenvalue weighted by Crippen LogP contribution is -2.31. The third-order valence-electron chi connectivity index (χ3n) is 4.52. The first kappa shape index (κ1) is 20.3. The number of thioether (sulfide) groups is 1. The molecule has 0 aromatic rings. The predicted octanol–water partition coefficient (Wildman–Crippen LogP) is 5.71. The van der Waals surface area contributed by atoms with Gasteiger partial charge in [0.1, 0.15) is 0 Å². The Kier molecular flexibility index (Phi) is 13.7. The molecule has 0 aliphatic carbocycles. The van der Waals surface area contributed by atoms with Gasteiger partial charge < -0.3 is 4.74 Å². The van der Waals surface area contributed by atoms with Crippen LogP contribution in [0.2, 0.25) is 0 Å². The summed E-state index contributed by atoms with van der Waals surface area (Å²) in [7, 11) is 0. The summed E-state index contributed by atoms with van der Waals surface area (Å²) in [6, 6.07) is 0. The number of hydrogen-bond donors (Lipinski definition) is 0. The monoisotopic (exact) mass is 329 g/mol. The summed E-state index contributed by atoms with van der Waals surface area (Å²) in [6.45, 7) is 7.91. The zero-order valence-electron chi connectivity index (χ0n) is 15.2. The van der Waals surface area contributed by atoms with Crippen LogP contribution in [0.1, 0.15) is 84.5 Å². The van der Waals surface area contributed by atoms with Crippen molar-refractivity contribution in [2.45, 2.75) is 90.6 Å². The van der Waals surface area contributed by atoms with Gasteiger partial charge in [0.15, 0.2) is 0 Å². The fourth-order valence-corrected chi connectivity index (χ4v) is 4.14. The van der Waals surface area contributed by atoms with Gasteiger partial charge in [-0.05, 0) is 31.4 Å². The largest absolute Gasteiger partial charge is 0.362 e. The van der Waals surface area contributed by atoms with Gasteiger partial charge in [0.2, 0.25) is 0 Å². The third-order valence-corrected chi connectivity index (χ3v) is 5.70. The van der Waals surface area contributed by atoms with Crippen molar-refractivity contribution in [3.8, 4) is 0 Å². The molecule has 22 heavy (non-hydrogen) atoms. The van der Waals surface area contributed by atoms with E-state index in [1.165, 1.54) is 95.2 Å². The average molecular weight is 330 g/mol. The van der Waals surface area contributed by atoms with Crippen LogP contribution in [0, 0.1) is 0 Å². The highest BCUT2D eigenvalue weighted by Gasteiger charge is 2.13. The van der Waals surface area contributed by atoms with E-state index in [-0.39, 0.29) is 0 Å². The summed E-state index contributed by atoms with van der Waals surface area (Å²) in [5.41, 5.74) is 0. The lowest BCUT2D eigenvalue weighted by Gasteiger charge is -2.24. The summed E-state index contributed by atoms with van der Waals surface area (Å²) < 4.78 is 6.30. The maximum atomic E-state index is 6.30. The molecule has 0 amide bonds. The Hall–Kier alpha value is 0.270. The molecular weight excluding hydrogens is 290 g/mol. The Labute approximate surface area is 143 Å². The summed E-state index contributed by atoms with van der Waals surface area (Å²) in [6.07, 6.45) is 15.3. The van der Waals surface area contributed by atoms with E-state index in [0.717, 1.165) is 6.73 Å². The number of unbranched alkanes of at least 4 members (excludes halogenated alkanes) is 4. The highest BCUT2D eigenvalue weighted by atomic mass is 32.2. The van der Waals surface area contributed by atoms with Crippen LogP contribution in [-0.4, -0.2) is 42.3 Å². The summed E-state index contributed by atoms with van der Waals surface area (Å²) in [4.78, 5) is 2.53. The van der Waals surface area contributed by atoms with Crippen molar-refractivity contribution in [1.29, 1.82) is 0 Å². The number of hydrogen-bond acceptors (Lipinski definition) is 3. The minimum absolute atomic E-state index is 0.474. The van der Waals surface area contributed by atoms with Crippen LogP contribution in [0.25, 0.3) is 0 Å². The third kappa shape index (κ3) is 10.9. The van der Waals surface area contributed by atoms with Crippen molar-refractivity contribution in [1.82, 2.24) is 4.90 Å². The molecule has 132 valence electrons. The molecule has 1 fully saturated rings. The zero-order chi connectivity index (χ0) is 15.9. The Morgan fingerprint density at radius 2 is 1.64 bits per heavy atom. The fraction of sp³-hybridized carbons (Fsp3) is 1.00. The van der Waals surface area contributed by atoms with E-state index in [1.54, 1.807) is 0 Å². The summed E-state index contributed by atoms with van der Waals surface area (Å²) in [5.74, 6) is 2.50. The van der Waals surface area contributed by atoms with Crippen LogP contribution in [-0.2, 0) is 4.74 Å². The standard InChI is InChI=1S/C19H39NOS/c1-3-5-7-10-13-19(17-22-16-6-4-2)21-18-20-14-11-8-9-12-15-20/h19H,3-18H2,1-2H3. The minimum atomic E-state index is 0.474. The molecule has 0 saturated carbocycles. The SMILES string of the molecule is CCCCCCC(CSCCCC)OCN1CCCCCC1. The topological polar surface area (TPSA) is 12.5 Å². The molecule has 0 aromatic heterocycles. The van der Waals surface area contributed by atoms with E-state index in [2.05, 4.69) is 30.5 Å². The number of ether oxygens (including phenoxy) is 1. The fourth-order valence-electron chi connectivity index (χ4n) is 2.95. The molecule has 1 saturated heterocycles.